The molecule has 2 fully saturated rings. The molecular weight excluding hydrogens is 242 g/mol. The molecule has 19 heavy (non-hydrogen) atoms. The third kappa shape index (κ3) is 4.44. The Hall–Kier alpha value is -0.650. The monoisotopic (exact) mass is 269 g/mol. The lowest BCUT2D eigenvalue weighted by atomic mass is 9.96. The standard InChI is InChI=1S/C14H27N3O2/c1-12(18)17-8-6-16(7-9-17)11-14(19)13-4-2-3-5-15-10-13/h13-15,19H,2-11H2,1H3. The van der Waals surface area contributed by atoms with Gasteiger partial charge in [0.2, 0.25) is 5.91 Å². The molecule has 0 aromatic carbocycles. The number of nitrogens with one attached hydrogen (secondary N) is 1. The van der Waals surface area contributed by atoms with Gasteiger partial charge < -0.3 is 15.3 Å². The van der Waals surface area contributed by atoms with Crippen molar-refractivity contribution in [3.05, 3.63) is 0 Å². The van der Waals surface area contributed by atoms with E-state index in [2.05, 4.69) is 10.2 Å². The molecule has 2 rings (SSSR count). The molecule has 0 radical (unpaired) electrons. The highest BCUT2D eigenvalue weighted by atomic mass is 16.3. The number of carbonyl (C=O) groups excluding carboxylic acids is 1. The van der Waals surface area contributed by atoms with Crippen molar-refractivity contribution in [3.63, 3.8) is 0 Å². The molecule has 2 N–H and O–H groups in total. The highest BCUT2D eigenvalue weighted by molar-refractivity contribution is 5.73. The maximum Gasteiger partial charge on any atom is 0.219 e. The van der Waals surface area contributed by atoms with Gasteiger partial charge in [0.1, 0.15) is 0 Å². The number of piperazine rings is 1. The first-order valence-electron chi connectivity index (χ1n) is 7.53. The van der Waals surface area contributed by atoms with Gasteiger partial charge in [0.25, 0.3) is 0 Å². The van der Waals surface area contributed by atoms with Crippen molar-refractivity contribution >= 4 is 5.91 Å². The van der Waals surface area contributed by atoms with Crippen molar-refractivity contribution in [2.45, 2.75) is 32.3 Å². The molecule has 5 heteroatoms. The molecule has 1 amide bonds. The van der Waals surface area contributed by atoms with E-state index in [0.717, 1.165) is 52.2 Å². The fraction of sp³-hybridized carbons (Fsp3) is 0.929. The normalized spacial score (nSPS) is 27.9. The summed E-state index contributed by atoms with van der Waals surface area (Å²) in [5, 5.41) is 13.8. The Morgan fingerprint density at radius 2 is 2.05 bits per heavy atom. The van der Waals surface area contributed by atoms with Crippen molar-refractivity contribution in [2.75, 3.05) is 45.8 Å². The molecule has 0 aliphatic carbocycles. The van der Waals surface area contributed by atoms with Gasteiger partial charge in [-0.05, 0) is 25.3 Å². The van der Waals surface area contributed by atoms with Gasteiger partial charge in [0, 0.05) is 46.2 Å². The molecule has 0 spiro atoms. The molecule has 5 nitrogen and oxygen atoms in total. The smallest absolute Gasteiger partial charge is 0.219 e. The third-order valence-corrected chi connectivity index (χ3v) is 4.39. The molecule has 0 saturated carbocycles. The number of hydrogen-bond donors (Lipinski definition) is 2. The van der Waals surface area contributed by atoms with Crippen molar-refractivity contribution in [1.29, 1.82) is 0 Å². The second-order valence-electron chi connectivity index (χ2n) is 5.83. The van der Waals surface area contributed by atoms with Gasteiger partial charge in [-0.25, -0.2) is 0 Å². The van der Waals surface area contributed by atoms with Crippen LogP contribution in [-0.4, -0.2) is 72.7 Å². The summed E-state index contributed by atoms with van der Waals surface area (Å²) in [4.78, 5) is 15.4. The van der Waals surface area contributed by atoms with Gasteiger partial charge >= 0.3 is 0 Å². The van der Waals surface area contributed by atoms with Crippen molar-refractivity contribution < 1.29 is 9.90 Å². The number of hydrogen-bond acceptors (Lipinski definition) is 4. The summed E-state index contributed by atoms with van der Waals surface area (Å²) >= 11 is 0. The first-order valence-corrected chi connectivity index (χ1v) is 7.53. The van der Waals surface area contributed by atoms with E-state index in [0.29, 0.717) is 5.92 Å². The first-order chi connectivity index (χ1) is 9.16. The van der Waals surface area contributed by atoms with Crippen LogP contribution in [0.2, 0.25) is 0 Å². The lowest BCUT2D eigenvalue weighted by Crippen LogP contribution is -2.51. The van der Waals surface area contributed by atoms with E-state index in [9.17, 15) is 9.90 Å². The van der Waals surface area contributed by atoms with Gasteiger partial charge in [-0.2, -0.15) is 0 Å². The minimum atomic E-state index is -0.241. The molecule has 0 aromatic rings. The number of β-amino-alcohol motifs (C(OH)–C–C–N with tert-alkyl or cyclic N) is 1. The van der Waals surface area contributed by atoms with Crippen LogP contribution in [0.3, 0.4) is 0 Å². The zero-order chi connectivity index (χ0) is 13.7. The maximum atomic E-state index is 11.3. The Morgan fingerprint density at radius 3 is 2.74 bits per heavy atom. The summed E-state index contributed by atoms with van der Waals surface area (Å²) in [7, 11) is 0. The number of aliphatic hydroxyl groups is 1. The van der Waals surface area contributed by atoms with Gasteiger partial charge in [-0.3, -0.25) is 9.69 Å². The minimum Gasteiger partial charge on any atom is -0.391 e. The third-order valence-electron chi connectivity index (χ3n) is 4.39. The van der Waals surface area contributed by atoms with Crippen LogP contribution < -0.4 is 5.32 Å². The maximum absolute atomic E-state index is 11.3. The minimum absolute atomic E-state index is 0.160. The fourth-order valence-electron chi connectivity index (χ4n) is 3.03. The van der Waals surface area contributed by atoms with Gasteiger partial charge in [0.05, 0.1) is 6.10 Å². The van der Waals surface area contributed by atoms with Crippen LogP contribution in [-0.2, 0) is 4.79 Å². The molecule has 0 bridgehead atoms. The predicted octanol–water partition coefficient (Wildman–Crippen LogP) is -0.0989. The number of carbonyl (C=O) groups is 1. The molecule has 2 unspecified atom stereocenters. The number of aliphatic hydroxyl groups excluding tert-OH is 1. The molecular formula is C14H27N3O2. The number of rotatable bonds is 3. The van der Waals surface area contributed by atoms with Crippen molar-refractivity contribution in [3.8, 4) is 0 Å². The lowest BCUT2D eigenvalue weighted by Gasteiger charge is -2.36. The summed E-state index contributed by atoms with van der Waals surface area (Å²) in [6.45, 7) is 7.76. The second-order valence-corrected chi connectivity index (χ2v) is 5.83. The topological polar surface area (TPSA) is 55.8 Å². The molecule has 2 atom stereocenters. The summed E-state index contributed by atoms with van der Waals surface area (Å²) in [5.74, 6) is 0.543. The zero-order valence-corrected chi connectivity index (χ0v) is 12.0. The van der Waals surface area contributed by atoms with Crippen LogP contribution in [0.5, 0.6) is 0 Å². The van der Waals surface area contributed by atoms with E-state index in [1.807, 2.05) is 4.90 Å². The average molecular weight is 269 g/mol. The first kappa shape index (κ1) is 14.8. The van der Waals surface area contributed by atoms with Crippen LogP contribution in [0.15, 0.2) is 0 Å². The summed E-state index contributed by atoms with van der Waals surface area (Å²) < 4.78 is 0. The van der Waals surface area contributed by atoms with Crippen LogP contribution >= 0.6 is 0 Å². The Morgan fingerprint density at radius 1 is 1.32 bits per heavy atom. The predicted molar refractivity (Wildman–Crippen MR) is 74.9 cm³/mol. The van der Waals surface area contributed by atoms with Crippen molar-refractivity contribution in [2.24, 2.45) is 5.92 Å². The Kier molecular flexibility index (Phi) is 5.60. The number of nitrogens with zero attached hydrogens (tertiary/aromatic N) is 2. The van der Waals surface area contributed by atoms with E-state index < -0.39 is 0 Å². The molecule has 110 valence electrons. The van der Waals surface area contributed by atoms with Crippen LogP contribution in [0, 0.1) is 5.92 Å². The van der Waals surface area contributed by atoms with E-state index in [1.54, 1.807) is 6.92 Å². The van der Waals surface area contributed by atoms with E-state index in [-0.39, 0.29) is 12.0 Å². The Balaban J connectivity index is 1.73. The Bertz CT molecular complexity index is 282. The molecule has 0 aromatic heterocycles. The zero-order valence-electron chi connectivity index (χ0n) is 12.0. The quantitative estimate of drug-likeness (QED) is 0.751. The van der Waals surface area contributed by atoms with E-state index >= 15 is 0 Å². The lowest BCUT2D eigenvalue weighted by molar-refractivity contribution is -0.130. The SMILES string of the molecule is CC(=O)N1CCN(CC(O)C2CCCCNC2)CC1. The van der Waals surface area contributed by atoms with Crippen molar-refractivity contribution in [1.82, 2.24) is 15.1 Å². The number of amides is 1. The van der Waals surface area contributed by atoms with Gasteiger partial charge in [0.15, 0.2) is 0 Å². The van der Waals surface area contributed by atoms with E-state index in [1.165, 1.54) is 12.8 Å². The summed E-state index contributed by atoms with van der Waals surface area (Å²) in [6.07, 6.45) is 3.32. The van der Waals surface area contributed by atoms with Crippen LogP contribution in [0.4, 0.5) is 0 Å². The van der Waals surface area contributed by atoms with Crippen LogP contribution in [0.25, 0.3) is 0 Å². The molecule has 2 heterocycles. The highest BCUT2D eigenvalue weighted by Gasteiger charge is 2.25. The second kappa shape index (κ2) is 7.22. The Labute approximate surface area is 115 Å². The largest absolute Gasteiger partial charge is 0.391 e. The fourth-order valence-corrected chi connectivity index (χ4v) is 3.03. The summed E-state index contributed by atoms with van der Waals surface area (Å²) in [6, 6.07) is 0. The van der Waals surface area contributed by atoms with E-state index in [4.69, 9.17) is 0 Å². The summed E-state index contributed by atoms with van der Waals surface area (Å²) in [5.41, 5.74) is 0. The molecule has 2 aliphatic rings. The molecule has 2 aliphatic heterocycles. The highest BCUT2D eigenvalue weighted by Crippen LogP contribution is 2.16. The van der Waals surface area contributed by atoms with Gasteiger partial charge in [-0.15, -0.1) is 0 Å². The van der Waals surface area contributed by atoms with Gasteiger partial charge in [-0.1, -0.05) is 6.42 Å². The molecule has 2 saturated heterocycles. The van der Waals surface area contributed by atoms with Crippen LogP contribution in [0.1, 0.15) is 26.2 Å². The average Bonchev–Trinajstić information content (AvgIpc) is 2.68.